The number of hydrogen-bond acceptors (Lipinski definition) is 4. The maximum Gasteiger partial charge on any atom is 0.408 e. The van der Waals surface area contributed by atoms with E-state index in [0.717, 1.165) is 43.4 Å². The number of halogens is 3. The Kier molecular flexibility index (Phi) is 5.98. The molecule has 1 aliphatic rings. The number of carbonyl (C=O) groups excluding carboxylic acids is 1. The van der Waals surface area contributed by atoms with Crippen molar-refractivity contribution in [1.82, 2.24) is 20.0 Å². The van der Waals surface area contributed by atoms with E-state index in [1.54, 1.807) is 11.3 Å². The van der Waals surface area contributed by atoms with Gasteiger partial charge in [0, 0.05) is 30.7 Å². The molecular formula is C17H21F3N4OS. The second kappa shape index (κ2) is 8.22. The maximum absolute atomic E-state index is 12.3. The summed E-state index contributed by atoms with van der Waals surface area (Å²) in [4.78, 5) is 15.9. The van der Waals surface area contributed by atoms with Gasteiger partial charge in [-0.2, -0.15) is 18.3 Å². The first-order chi connectivity index (χ1) is 12.4. The Bertz CT molecular complexity index is 714. The quantitative estimate of drug-likeness (QED) is 0.830. The molecule has 2 aromatic heterocycles. The van der Waals surface area contributed by atoms with Crippen LogP contribution in [0.3, 0.4) is 0 Å². The van der Waals surface area contributed by atoms with E-state index < -0.39 is 12.7 Å². The molecule has 1 amide bonds. The summed E-state index contributed by atoms with van der Waals surface area (Å²) in [6, 6.07) is 4.16. The average molecular weight is 386 g/mol. The Hall–Kier alpha value is -1.87. The van der Waals surface area contributed by atoms with Gasteiger partial charge in [0.2, 0.25) is 0 Å². The SMILES string of the molecule is O=C(NC[C@H]1CCCN(Cc2cccs2)C1)c1cnn(CC(F)(F)F)c1. The number of thiophene rings is 1. The smallest absolute Gasteiger partial charge is 0.352 e. The first-order valence-corrected chi connectivity index (χ1v) is 9.39. The van der Waals surface area contributed by atoms with E-state index in [0.29, 0.717) is 12.5 Å². The van der Waals surface area contributed by atoms with Gasteiger partial charge >= 0.3 is 6.18 Å². The molecule has 5 nitrogen and oxygen atoms in total. The Morgan fingerprint density at radius 1 is 1.42 bits per heavy atom. The molecule has 0 aliphatic carbocycles. The van der Waals surface area contributed by atoms with Crippen LogP contribution in [0.5, 0.6) is 0 Å². The summed E-state index contributed by atoms with van der Waals surface area (Å²) in [6.07, 6.45) is 0.0652. The standard InChI is InChI=1S/C17H21F3N4OS/c18-17(19,20)12-24-10-14(8-22-24)16(25)21-7-13-3-1-5-23(9-13)11-15-4-2-6-26-15/h2,4,6,8,10,13H,1,3,5,7,9,11-12H2,(H,21,25)/t13-/m1/s1. The second-order valence-corrected chi connectivity index (χ2v) is 7.61. The number of hydrogen-bond donors (Lipinski definition) is 1. The molecular weight excluding hydrogens is 365 g/mol. The largest absolute Gasteiger partial charge is 0.408 e. The van der Waals surface area contributed by atoms with Gasteiger partial charge in [0.1, 0.15) is 6.54 Å². The zero-order chi connectivity index (χ0) is 18.6. The van der Waals surface area contributed by atoms with E-state index in [9.17, 15) is 18.0 Å². The number of aromatic nitrogens is 2. The van der Waals surface area contributed by atoms with Crippen LogP contribution < -0.4 is 5.32 Å². The van der Waals surface area contributed by atoms with Crippen molar-refractivity contribution in [2.75, 3.05) is 19.6 Å². The van der Waals surface area contributed by atoms with Crippen molar-refractivity contribution in [3.8, 4) is 0 Å². The van der Waals surface area contributed by atoms with Gasteiger partial charge in [-0.1, -0.05) is 6.07 Å². The fraction of sp³-hybridized carbons (Fsp3) is 0.529. The minimum Gasteiger partial charge on any atom is -0.352 e. The third-order valence-corrected chi connectivity index (χ3v) is 5.21. The normalized spacial score (nSPS) is 18.8. The molecule has 1 aliphatic heterocycles. The third-order valence-electron chi connectivity index (χ3n) is 4.35. The Morgan fingerprint density at radius 3 is 3.00 bits per heavy atom. The molecule has 2 aromatic rings. The van der Waals surface area contributed by atoms with Crippen LogP contribution in [0.25, 0.3) is 0 Å². The summed E-state index contributed by atoms with van der Waals surface area (Å²) in [7, 11) is 0. The zero-order valence-corrected chi connectivity index (χ0v) is 15.0. The van der Waals surface area contributed by atoms with Gasteiger partial charge in [-0.05, 0) is 36.8 Å². The molecule has 1 fully saturated rings. The predicted molar refractivity (Wildman–Crippen MR) is 92.9 cm³/mol. The minimum atomic E-state index is -4.35. The molecule has 26 heavy (non-hydrogen) atoms. The van der Waals surface area contributed by atoms with Gasteiger partial charge in [-0.25, -0.2) is 0 Å². The van der Waals surface area contributed by atoms with Gasteiger partial charge in [0.25, 0.3) is 5.91 Å². The monoisotopic (exact) mass is 386 g/mol. The summed E-state index contributed by atoms with van der Waals surface area (Å²) >= 11 is 1.74. The van der Waals surface area contributed by atoms with Crippen LogP contribution in [-0.4, -0.2) is 46.4 Å². The van der Waals surface area contributed by atoms with Crippen molar-refractivity contribution in [2.45, 2.75) is 32.1 Å². The number of nitrogens with one attached hydrogen (secondary N) is 1. The molecule has 1 N–H and O–H groups in total. The van der Waals surface area contributed by atoms with Gasteiger partial charge in [-0.3, -0.25) is 14.4 Å². The summed E-state index contributed by atoms with van der Waals surface area (Å²) in [5.41, 5.74) is 0.153. The molecule has 1 saturated heterocycles. The number of piperidine rings is 1. The highest BCUT2D eigenvalue weighted by molar-refractivity contribution is 7.09. The Morgan fingerprint density at radius 2 is 2.27 bits per heavy atom. The molecule has 1 atom stereocenters. The summed E-state index contributed by atoms with van der Waals surface area (Å²) in [5.74, 6) is -0.0355. The van der Waals surface area contributed by atoms with Gasteiger partial charge in [-0.15, -0.1) is 11.3 Å². The highest BCUT2D eigenvalue weighted by Crippen LogP contribution is 2.20. The van der Waals surface area contributed by atoms with Crippen LogP contribution in [0, 0.1) is 5.92 Å². The van der Waals surface area contributed by atoms with E-state index in [-0.39, 0.29) is 11.5 Å². The van der Waals surface area contributed by atoms with E-state index in [1.165, 1.54) is 11.1 Å². The molecule has 3 heterocycles. The van der Waals surface area contributed by atoms with Crippen LogP contribution in [0.15, 0.2) is 29.9 Å². The fourth-order valence-electron chi connectivity index (χ4n) is 3.17. The first-order valence-electron chi connectivity index (χ1n) is 8.51. The van der Waals surface area contributed by atoms with Crippen LogP contribution in [0.1, 0.15) is 28.1 Å². The number of rotatable bonds is 6. The maximum atomic E-state index is 12.3. The van der Waals surface area contributed by atoms with Gasteiger partial charge < -0.3 is 5.32 Å². The predicted octanol–water partition coefficient (Wildman–Crippen LogP) is 3.15. The third kappa shape index (κ3) is 5.57. The van der Waals surface area contributed by atoms with Crippen molar-refractivity contribution in [3.63, 3.8) is 0 Å². The molecule has 142 valence electrons. The average Bonchev–Trinajstić information content (AvgIpc) is 3.23. The van der Waals surface area contributed by atoms with E-state index in [2.05, 4.69) is 26.8 Å². The summed E-state index contributed by atoms with van der Waals surface area (Å²) in [5, 5.41) is 8.49. The summed E-state index contributed by atoms with van der Waals surface area (Å²) < 4.78 is 37.8. The van der Waals surface area contributed by atoms with Crippen molar-refractivity contribution in [1.29, 1.82) is 0 Å². The van der Waals surface area contributed by atoms with Crippen molar-refractivity contribution in [3.05, 3.63) is 40.3 Å². The zero-order valence-electron chi connectivity index (χ0n) is 14.2. The highest BCUT2D eigenvalue weighted by atomic mass is 32.1. The molecule has 0 spiro atoms. The van der Waals surface area contributed by atoms with Crippen LogP contribution in [-0.2, 0) is 13.1 Å². The minimum absolute atomic E-state index is 0.153. The number of alkyl halides is 3. The second-order valence-electron chi connectivity index (χ2n) is 6.57. The van der Waals surface area contributed by atoms with Gasteiger partial charge in [0.05, 0.1) is 11.8 Å². The highest BCUT2D eigenvalue weighted by Gasteiger charge is 2.28. The molecule has 9 heteroatoms. The lowest BCUT2D eigenvalue weighted by Gasteiger charge is -2.32. The number of carbonyl (C=O) groups is 1. The van der Waals surface area contributed by atoms with E-state index in [4.69, 9.17) is 0 Å². The van der Waals surface area contributed by atoms with Crippen molar-refractivity contribution in [2.24, 2.45) is 5.92 Å². The van der Waals surface area contributed by atoms with E-state index in [1.807, 2.05) is 6.07 Å². The van der Waals surface area contributed by atoms with Crippen molar-refractivity contribution >= 4 is 17.2 Å². The van der Waals surface area contributed by atoms with Gasteiger partial charge in [0.15, 0.2) is 0 Å². The molecule has 0 saturated carbocycles. The molecule has 0 bridgehead atoms. The number of amides is 1. The first kappa shape index (κ1) is 18.9. The Labute approximate surface area is 153 Å². The van der Waals surface area contributed by atoms with Crippen molar-refractivity contribution < 1.29 is 18.0 Å². The molecule has 0 unspecified atom stereocenters. The lowest BCUT2D eigenvalue weighted by atomic mass is 9.98. The fourth-order valence-corrected chi connectivity index (χ4v) is 3.92. The molecule has 0 radical (unpaired) electrons. The van der Waals surface area contributed by atoms with Crippen LogP contribution >= 0.6 is 11.3 Å². The lowest BCUT2D eigenvalue weighted by Crippen LogP contribution is -2.40. The number of likely N-dealkylation sites (tertiary alicyclic amines) is 1. The topological polar surface area (TPSA) is 50.2 Å². The molecule has 3 rings (SSSR count). The van der Waals surface area contributed by atoms with Crippen LogP contribution in [0.2, 0.25) is 0 Å². The molecule has 0 aromatic carbocycles. The van der Waals surface area contributed by atoms with Crippen LogP contribution in [0.4, 0.5) is 13.2 Å². The number of nitrogens with zero attached hydrogens (tertiary/aromatic N) is 3. The summed E-state index contributed by atoms with van der Waals surface area (Å²) in [6.45, 7) is 2.20. The lowest BCUT2D eigenvalue weighted by molar-refractivity contribution is -0.142. The van der Waals surface area contributed by atoms with E-state index >= 15 is 0 Å². The Balaban J connectivity index is 1.46.